The Morgan fingerprint density at radius 2 is 2.19 bits per heavy atom. The number of hydrogen-bond donors (Lipinski definition) is 1. The number of imidazole rings is 1. The third-order valence-electron chi connectivity index (χ3n) is 2.49. The van der Waals surface area contributed by atoms with Crippen LogP contribution in [0.25, 0.3) is 0 Å². The van der Waals surface area contributed by atoms with Crippen LogP contribution in [-0.4, -0.2) is 29.3 Å². The lowest BCUT2D eigenvalue weighted by atomic mass is 10.2. The summed E-state index contributed by atoms with van der Waals surface area (Å²) in [6.07, 6.45) is 4.06. The summed E-state index contributed by atoms with van der Waals surface area (Å²) in [6.45, 7) is 9.16. The van der Waals surface area contributed by atoms with E-state index in [0.717, 1.165) is 25.5 Å². The molecular formula is C12H23N3O. The van der Waals surface area contributed by atoms with Crippen LogP contribution in [0.3, 0.4) is 0 Å². The van der Waals surface area contributed by atoms with Gasteiger partial charge in [-0.25, -0.2) is 4.98 Å². The summed E-state index contributed by atoms with van der Waals surface area (Å²) in [7, 11) is 1.73. The first kappa shape index (κ1) is 13.2. The Hall–Kier alpha value is -0.870. The number of methoxy groups -OCH3 is 1. The molecule has 1 aromatic heterocycles. The van der Waals surface area contributed by atoms with Gasteiger partial charge in [-0.05, 0) is 19.4 Å². The maximum absolute atomic E-state index is 5.25. The molecule has 92 valence electrons. The zero-order valence-corrected chi connectivity index (χ0v) is 10.7. The standard InChI is InChI=1S/C12H23N3O/c1-10(2)7-13-8-12-14-5-6-15(12)9-11(3)16-4/h5-6,10-11,13H,7-9H2,1-4H3. The Morgan fingerprint density at radius 1 is 1.44 bits per heavy atom. The second kappa shape index (κ2) is 6.66. The Labute approximate surface area is 98.0 Å². The van der Waals surface area contributed by atoms with Crippen molar-refractivity contribution in [3.63, 3.8) is 0 Å². The van der Waals surface area contributed by atoms with Gasteiger partial charge in [-0.15, -0.1) is 0 Å². The highest BCUT2D eigenvalue weighted by Gasteiger charge is 2.06. The van der Waals surface area contributed by atoms with Crippen molar-refractivity contribution in [3.8, 4) is 0 Å². The molecule has 0 spiro atoms. The number of hydrogen-bond acceptors (Lipinski definition) is 3. The average molecular weight is 225 g/mol. The van der Waals surface area contributed by atoms with Crippen LogP contribution in [0.1, 0.15) is 26.6 Å². The van der Waals surface area contributed by atoms with Gasteiger partial charge in [0.2, 0.25) is 0 Å². The summed E-state index contributed by atoms with van der Waals surface area (Å²) >= 11 is 0. The van der Waals surface area contributed by atoms with Crippen molar-refractivity contribution in [3.05, 3.63) is 18.2 Å². The molecule has 1 aromatic rings. The summed E-state index contributed by atoms with van der Waals surface area (Å²) in [4.78, 5) is 4.35. The summed E-state index contributed by atoms with van der Waals surface area (Å²) in [5, 5.41) is 3.39. The fourth-order valence-electron chi connectivity index (χ4n) is 1.50. The minimum atomic E-state index is 0.220. The van der Waals surface area contributed by atoms with Gasteiger partial charge in [0.25, 0.3) is 0 Å². The Bertz CT molecular complexity index is 296. The molecule has 0 saturated heterocycles. The van der Waals surface area contributed by atoms with E-state index in [1.54, 1.807) is 7.11 Å². The predicted molar refractivity (Wildman–Crippen MR) is 65.2 cm³/mol. The summed E-state index contributed by atoms with van der Waals surface area (Å²) < 4.78 is 7.39. The number of aromatic nitrogens is 2. The van der Waals surface area contributed by atoms with E-state index >= 15 is 0 Å². The van der Waals surface area contributed by atoms with Crippen LogP contribution < -0.4 is 5.32 Å². The summed E-state index contributed by atoms with van der Waals surface area (Å²) in [5.74, 6) is 1.74. The van der Waals surface area contributed by atoms with Gasteiger partial charge >= 0.3 is 0 Å². The average Bonchev–Trinajstić information content (AvgIpc) is 2.65. The van der Waals surface area contributed by atoms with E-state index in [1.165, 1.54) is 0 Å². The molecular weight excluding hydrogens is 202 g/mol. The van der Waals surface area contributed by atoms with Crippen LogP contribution >= 0.6 is 0 Å². The SMILES string of the molecule is COC(C)Cn1ccnc1CNCC(C)C. The van der Waals surface area contributed by atoms with Gasteiger partial charge < -0.3 is 14.6 Å². The normalized spacial score (nSPS) is 13.3. The van der Waals surface area contributed by atoms with E-state index in [9.17, 15) is 0 Å². The summed E-state index contributed by atoms with van der Waals surface area (Å²) in [5.41, 5.74) is 0. The fraction of sp³-hybridized carbons (Fsp3) is 0.750. The van der Waals surface area contributed by atoms with Gasteiger partial charge in [0.05, 0.1) is 12.6 Å². The maximum Gasteiger partial charge on any atom is 0.122 e. The number of rotatable bonds is 7. The first-order valence-electron chi connectivity index (χ1n) is 5.87. The number of ether oxygens (including phenoxy) is 1. The molecule has 1 unspecified atom stereocenters. The molecule has 0 aliphatic heterocycles. The molecule has 0 fully saturated rings. The molecule has 0 aliphatic carbocycles. The molecule has 4 nitrogen and oxygen atoms in total. The van der Waals surface area contributed by atoms with Gasteiger partial charge in [-0.3, -0.25) is 0 Å². The smallest absolute Gasteiger partial charge is 0.122 e. The predicted octanol–water partition coefficient (Wildman–Crippen LogP) is 1.66. The lowest BCUT2D eigenvalue weighted by Gasteiger charge is -2.13. The molecule has 0 bridgehead atoms. The highest BCUT2D eigenvalue weighted by atomic mass is 16.5. The maximum atomic E-state index is 5.25. The van der Waals surface area contributed by atoms with Crippen molar-refractivity contribution in [2.45, 2.75) is 40.0 Å². The zero-order chi connectivity index (χ0) is 12.0. The fourth-order valence-corrected chi connectivity index (χ4v) is 1.50. The van der Waals surface area contributed by atoms with E-state index in [2.05, 4.69) is 35.6 Å². The molecule has 1 atom stereocenters. The molecule has 0 aromatic carbocycles. The molecule has 1 heterocycles. The minimum absolute atomic E-state index is 0.220. The minimum Gasteiger partial charge on any atom is -0.380 e. The van der Waals surface area contributed by atoms with Crippen LogP contribution in [0.15, 0.2) is 12.4 Å². The quantitative estimate of drug-likeness (QED) is 0.767. The highest BCUT2D eigenvalue weighted by molar-refractivity contribution is 4.92. The van der Waals surface area contributed by atoms with Crippen LogP contribution in [0.2, 0.25) is 0 Å². The second-order valence-corrected chi connectivity index (χ2v) is 4.57. The van der Waals surface area contributed by atoms with Crippen LogP contribution in [0.5, 0.6) is 0 Å². The Kier molecular flexibility index (Phi) is 5.49. The second-order valence-electron chi connectivity index (χ2n) is 4.57. The highest BCUT2D eigenvalue weighted by Crippen LogP contribution is 2.01. The van der Waals surface area contributed by atoms with Crippen LogP contribution in [0.4, 0.5) is 0 Å². The van der Waals surface area contributed by atoms with Gasteiger partial charge in [0.1, 0.15) is 5.82 Å². The molecule has 0 saturated carbocycles. The van der Waals surface area contributed by atoms with Crippen molar-refractivity contribution in [1.82, 2.24) is 14.9 Å². The molecule has 0 aliphatic rings. The van der Waals surface area contributed by atoms with Crippen molar-refractivity contribution in [2.75, 3.05) is 13.7 Å². The van der Waals surface area contributed by atoms with E-state index in [1.807, 2.05) is 12.4 Å². The lowest BCUT2D eigenvalue weighted by molar-refractivity contribution is 0.102. The molecule has 16 heavy (non-hydrogen) atoms. The third-order valence-corrected chi connectivity index (χ3v) is 2.49. The zero-order valence-electron chi connectivity index (χ0n) is 10.7. The lowest BCUT2D eigenvalue weighted by Crippen LogP contribution is -2.23. The summed E-state index contributed by atoms with van der Waals surface area (Å²) in [6, 6.07) is 0. The third kappa shape index (κ3) is 4.33. The molecule has 4 heteroatoms. The van der Waals surface area contributed by atoms with E-state index in [0.29, 0.717) is 5.92 Å². The van der Waals surface area contributed by atoms with Gasteiger partial charge in [-0.2, -0.15) is 0 Å². The largest absolute Gasteiger partial charge is 0.380 e. The Morgan fingerprint density at radius 3 is 2.81 bits per heavy atom. The number of nitrogens with zero attached hydrogens (tertiary/aromatic N) is 2. The van der Waals surface area contributed by atoms with Crippen molar-refractivity contribution < 1.29 is 4.74 Å². The van der Waals surface area contributed by atoms with Gasteiger partial charge in [0.15, 0.2) is 0 Å². The molecule has 0 radical (unpaired) electrons. The van der Waals surface area contributed by atoms with Crippen LogP contribution in [-0.2, 0) is 17.8 Å². The first-order chi connectivity index (χ1) is 7.63. The number of nitrogens with one attached hydrogen (secondary N) is 1. The molecule has 0 amide bonds. The first-order valence-corrected chi connectivity index (χ1v) is 5.87. The molecule has 1 N–H and O–H groups in total. The van der Waals surface area contributed by atoms with Gasteiger partial charge in [0, 0.05) is 26.0 Å². The van der Waals surface area contributed by atoms with Crippen molar-refractivity contribution >= 4 is 0 Å². The van der Waals surface area contributed by atoms with E-state index in [-0.39, 0.29) is 6.10 Å². The van der Waals surface area contributed by atoms with Gasteiger partial charge in [-0.1, -0.05) is 13.8 Å². The monoisotopic (exact) mass is 225 g/mol. The van der Waals surface area contributed by atoms with Crippen LogP contribution in [0, 0.1) is 5.92 Å². The van der Waals surface area contributed by atoms with Crippen molar-refractivity contribution in [1.29, 1.82) is 0 Å². The van der Waals surface area contributed by atoms with Crippen molar-refractivity contribution in [2.24, 2.45) is 5.92 Å². The van der Waals surface area contributed by atoms with E-state index < -0.39 is 0 Å². The molecule has 1 rings (SSSR count). The van der Waals surface area contributed by atoms with E-state index in [4.69, 9.17) is 4.74 Å². The topological polar surface area (TPSA) is 39.1 Å². The Balaban J connectivity index is 2.44.